The molecule has 0 atom stereocenters. The maximum Gasteiger partial charge on any atom is 0.358 e. The number of esters is 1. The second-order valence-corrected chi connectivity index (χ2v) is 13.4. The van der Waals surface area contributed by atoms with Gasteiger partial charge in [-0.25, -0.2) is 14.8 Å². The molecule has 236 valence electrons. The summed E-state index contributed by atoms with van der Waals surface area (Å²) in [7, 11) is 0. The standard InChI is InChI=1S/C36H33N7O3S/c1-36(2,3)46-34(45)32-26(24-19-38-43(20-24)21-25-10-6-7-17-37-25)14-15-31(40-32)42-18-16-23-9-8-11-27(28(23)22-42)33(44)41-35-39-29-12-4-5-13-30(29)47-35/h4-15,17,19-20H,16,18,21-22H2,1-3H3,(H,39,41,44). The van der Waals surface area contributed by atoms with Crippen molar-refractivity contribution < 1.29 is 14.3 Å². The molecule has 7 rings (SSSR count). The number of fused-ring (bicyclic) bond motifs is 2. The fraction of sp³-hybridized carbons (Fsp3) is 0.222. The monoisotopic (exact) mass is 643 g/mol. The number of hydrogen-bond acceptors (Lipinski definition) is 9. The number of carbonyl (C=O) groups is 2. The van der Waals surface area contributed by atoms with Gasteiger partial charge in [0.25, 0.3) is 5.91 Å². The van der Waals surface area contributed by atoms with Gasteiger partial charge in [-0.1, -0.05) is 41.7 Å². The van der Waals surface area contributed by atoms with Gasteiger partial charge in [0.15, 0.2) is 10.8 Å². The van der Waals surface area contributed by atoms with Crippen molar-refractivity contribution in [3.63, 3.8) is 0 Å². The molecule has 0 bridgehead atoms. The molecule has 1 aliphatic rings. The zero-order valence-electron chi connectivity index (χ0n) is 26.3. The van der Waals surface area contributed by atoms with E-state index in [9.17, 15) is 9.59 Å². The quantitative estimate of drug-likeness (QED) is 0.190. The highest BCUT2D eigenvalue weighted by Gasteiger charge is 2.27. The van der Waals surface area contributed by atoms with Gasteiger partial charge in [-0.2, -0.15) is 5.10 Å². The second kappa shape index (κ2) is 12.4. The van der Waals surface area contributed by atoms with E-state index < -0.39 is 11.6 Å². The molecule has 0 aliphatic carbocycles. The SMILES string of the molecule is CC(C)(C)OC(=O)c1nc(N2CCc3cccc(C(=O)Nc4nc5ccccc5s4)c3C2)ccc1-c1cnn(Cc2ccccn2)c1. The molecule has 2 aromatic carbocycles. The summed E-state index contributed by atoms with van der Waals surface area (Å²) in [6.07, 6.45) is 6.08. The van der Waals surface area contributed by atoms with E-state index in [1.807, 2.05) is 93.7 Å². The van der Waals surface area contributed by atoms with Crippen molar-refractivity contribution in [1.29, 1.82) is 0 Å². The van der Waals surface area contributed by atoms with Gasteiger partial charge >= 0.3 is 5.97 Å². The number of thiazole rings is 1. The summed E-state index contributed by atoms with van der Waals surface area (Å²) in [6.45, 7) is 7.14. The van der Waals surface area contributed by atoms with E-state index in [1.54, 1.807) is 17.1 Å². The fourth-order valence-corrected chi connectivity index (χ4v) is 6.53. The zero-order valence-corrected chi connectivity index (χ0v) is 27.1. The average molecular weight is 644 g/mol. The molecule has 6 aromatic rings. The highest BCUT2D eigenvalue weighted by Crippen LogP contribution is 2.32. The van der Waals surface area contributed by atoms with Crippen LogP contribution in [0.15, 0.2) is 91.4 Å². The number of carbonyl (C=O) groups excluding carboxylic acids is 2. The Morgan fingerprint density at radius 2 is 1.83 bits per heavy atom. The Hall–Kier alpha value is -5.42. The van der Waals surface area contributed by atoms with Crippen molar-refractivity contribution >= 4 is 44.4 Å². The highest BCUT2D eigenvalue weighted by atomic mass is 32.1. The average Bonchev–Trinajstić information content (AvgIpc) is 3.70. The number of nitrogens with one attached hydrogen (secondary N) is 1. The van der Waals surface area contributed by atoms with Crippen LogP contribution in [0.25, 0.3) is 21.3 Å². The maximum atomic E-state index is 13.6. The number of anilines is 2. The van der Waals surface area contributed by atoms with E-state index >= 15 is 0 Å². The van der Waals surface area contributed by atoms with Crippen molar-refractivity contribution in [3.8, 4) is 11.1 Å². The molecule has 47 heavy (non-hydrogen) atoms. The van der Waals surface area contributed by atoms with Gasteiger partial charge in [0.2, 0.25) is 0 Å². The van der Waals surface area contributed by atoms with Gasteiger partial charge in [0, 0.05) is 42.2 Å². The molecule has 4 aromatic heterocycles. The summed E-state index contributed by atoms with van der Waals surface area (Å²) >= 11 is 1.45. The van der Waals surface area contributed by atoms with Crippen LogP contribution in [0.4, 0.5) is 10.9 Å². The first-order valence-corrected chi connectivity index (χ1v) is 16.2. The Labute approximate surface area is 276 Å². The molecule has 0 radical (unpaired) electrons. The van der Waals surface area contributed by atoms with Gasteiger partial charge in [-0.15, -0.1) is 0 Å². The number of nitrogens with zero attached hydrogens (tertiary/aromatic N) is 6. The van der Waals surface area contributed by atoms with E-state index in [0.717, 1.165) is 39.0 Å². The lowest BCUT2D eigenvalue weighted by atomic mass is 9.94. The van der Waals surface area contributed by atoms with E-state index in [2.05, 4.69) is 31.3 Å². The van der Waals surface area contributed by atoms with E-state index in [-0.39, 0.29) is 11.6 Å². The number of hydrogen-bond donors (Lipinski definition) is 1. The molecular formula is C36H33N7O3S. The summed E-state index contributed by atoms with van der Waals surface area (Å²) < 4.78 is 8.60. The molecule has 11 heteroatoms. The Kier molecular flexibility index (Phi) is 7.98. The van der Waals surface area contributed by atoms with Gasteiger partial charge in [0.1, 0.15) is 11.4 Å². The van der Waals surface area contributed by atoms with E-state index in [0.29, 0.717) is 41.7 Å². The second-order valence-electron chi connectivity index (χ2n) is 12.4. The topological polar surface area (TPSA) is 115 Å². The molecule has 0 unspecified atom stereocenters. The molecule has 0 saturated heterocycles. The van der Waals surface area contributed by atoms with Crippen LogP contribution in [0.3, 0.4) is 0 Å². The normalized spacial score (nSPS) is 13.0. The first kappa shape index (κ1) is 30.2. The Balaban J connectivity index is 1.17. The highest BCUT2D eigenvalue weighted by molar-refractivity contribution is 7.22. The molecule has 1 aliphatic heterocycles. The van der Waals surface area contributed by atoms with Crippen molar-refractivity contribution in [2.75, 3.05) is 16.8 Å². The largest absolute Gasteiger partial charge is 0.455 e. The minimum absolute atomic E-state index is 0.205. The lowest BCUT2D eigenvalue weighted by Crippen LogP contribution is -2.33. The lowest BCUT2D eigenvalue weighted by molar-refractivity contribution is 0.00638. The number of aromatic nitrogens is 5. The van der Waals surface area contributed by atoms with Gasteiger partial charge < -0.3 is 9.64 Å². The molecule has 10 nitrogen and oxygen atoms in total. The third-order valence-electron chi connectivity index (χ3n) is 7.82. The van der Waals surface area contributed by atoms with Crippen LogP contribution >= 0.6 is 11.3 Å². The first-order valence-electron chi connectivity index (χ1n) is 15.4. The number of rotatable bonds is 7. The van der Waals surface area contributed by atoms with Crippen LogP contribution in [-0.4, -0.2) is 48.8 Å². The predicted molar refractivity (Wildman–Crippen MR) is 183 cm³/mol. The third-order valence-corrected chi connectivity index (χ3v) is 8.78. The minimum Gasteiger partial charge on any atom is -0.455 e. The third kappa shape index (κ3) is 6.61. The Morgan fingerprint density at radius 3 is 2.64 bits per heavy atom. The molecule has 1 N–H and O–H groups in total. The predicted octanol–water partition coefficient (Wildman–Crippen LogP) is 6.77. The number of ether oxygens (including phenoxy) is 1. The first-order chi connectivity index (χ1) is 22.7. The fourth-order valence-electron chi connectivity index (χ4n) is 5.67. The number of pyridine rings is 2. The summed E-state index contributed by atoms with van der Waals surface area (Å²) in [6, 6.07) is 23.2. The van der Waals surface area contributed by atoms with Crippen molar-refractivity contribution in [2.24, 2.45) is 0 Å². The van der Waals surface area contributed by atoms with Crippen LogP contribution in [0.2, 0.25) is 0 Å². The maximum absolute atomic E-state index is 13.6. The Morgan fingerprint density at radius 1 is 0.979 bits per heavy atom. The van der Waals surface area contributed by atoms with Crippen LogP contribution < -0.4 is 10.2 Å². The summed E-state index contributed by atoms with van der Waals surface area (Å²) in [4.78, 5) is 43.1. The van der Waals surface area contributed by atoms with Crippen LogP contribution in [0, 0.1) is 0 Å². The summed E-state index contributed by atoms with van der Waals surface area (Å²) in [5, 5.41) is 8.07. The van der Waals surface area contributed by atoms with Crippen LogP contribution in [-0.2, 0) is 24.2 Å². The van der Waals surface area contributed by atoms with Gasteiger partial charge in [-0.3, -0.25) is 19.8 Å². The Bertz CT molecular complexity index is 2070. The van der Waals surface area contributed by atoms with Crippen molar-refractivity contribution in [3.05, 3.63) is 119 Å². The van der Waals surface area contributed by atoms with Crippen molar-refractivity contribution in [2.45, 2.75) is 45.9 Å². The molecule has 1 amide bonds. The number of para-hydroxylation sites is 1. The lowest BCUT2D eigenvalue weighted by Gasteiger charge is -2.31. The molecule has 0 saturated carbocycles. The summed E-state index contributed by atoms with van der Waals surface area (Å²) in [5.41, 5.74) is 5.25. The summed E-state index contributed by atoms with van der Waals surface area (Å²) in [5.74, 6) is -0.0918. The van der Waals surface area contributed by atoms with E-state index in [4.69, 9.17) is 9.72 Å². The molecule has 0 spiro atoms. The van der Waals surface area contributed by atoms with Crippen LogP contribution in [0.5, 0.6) is 0 Å². The number of amides is 1. The molecular weight excluding hydrogens is 611 g/mol. The van der Waals surface area contributed by atoms with Crippen molar-refractivity contribution in [1.82, 2.24) is 24.7 Å². The molecule has 0 fully saturated rings. The smallest absolute Gasteiger partial charge is 0.358 e. The zero-order chi connectivity index (χ0) is 32.5. The van der Waals surface area contributed by atoms with Gasteiger partial charge in [-0.05, 0) is 80.8 Å². The van der Waals surface area contributed by atoms with Crippen LogP contribution in [0.1, 0.15) is 58.4 Å². The van der Waals surface area contributed by atoms with E-state index in [1.165, 1.54) is 11.3 Å². The minimum atomic E-state index is -0.704. The number of benzene rings is 2. The van der Waals surface area contributed by atoms with Gasteiger partial charge in [0.05, 0.1) is 28.7 Å². The molecule has 5 heterocycles.